The van der Waals surface area contributed by atoms with Crippen LogP contribution in [0.5, 0.6) is 0 Å². The number of hydrogen-bond donors (Lipinski definition) is 1. The summed E-state index contributed by atoms with van der Waals surface area (Å²) in [5, 5.41) is 7.11. The average molecular weight is 283 g/mol. The highest BCUT2D eigenvalue weighted by molar-refractivity contribution is 6.01. The highest BCUT2D eigenvalue weighted by Gasteiger charge is 2.09. The number of amides is 1. The molecule has 1 heterocycles. The lowest BCUT2D eigenvalue weighted by atomic mass is 10.1. The van der Waals surface area contributed by atoms with E-state index < -0.39 is 0 Å². The number of aryl methyl sites for hydroxylation is 1. The number of nitrogens with zero attached hydrogens (tertiary/aromatic N) is 2. The molecule has 2 rings (SSSR count). The summed E-state index contributed by atoms with van der Waals surface area (Å²) in [6, 6.07) is 10.1. The Morgan fingerprint density at radius 3 is 2.95 bits per heavy atom. The van der Waals surface area contributed by atoms with Crippen LogP contribution in [0.3, 0.4) is 0 Å². The number of benzene rings is 1. The van der Waals surface area contributed by atoms with Crippen molar-refractivity contribution in [3.8, 4) is 0 Å². The van der Waals surface area contributed by atoms with E-state index in [1.54, 1.807) is 12.3 Å². The highest BCUT2D eigenvalue weighted by Crippen LogP contribution is 2.16. The SMILES string of the molecule is CCC(C)n1nccc1NC(=O)/C=C/c1cccc(C)c1. The second-order valence-electron chi connectivity index (χ2n) is 5.16. The van der Waals surface area contributed by atoms with Crippen molar-refractivity contribution in [2.24, 2.45) is 0 Å². The van der Waals surface area contributed by atoms with Crippen molar-refractivity contribution in [2.45, 2.75) is 33.2 Å². The van der Waals surface area contributed by atoms with Crippen LogP contribution in [-0.4, -0.2) is 15.7 Å². The van der Waals surface area contributed by atoms with E-state index in [9.17, 15) is 4.79 Å². The zero-order chi connectivity index (χ0) is 15.2. The van der Waals surface area contributed by atoms with Crippen LogP contribution in [0.25, 0.3) is 6.08 Å². The van der Waals surface area contributed by atoms with Gasteiger partial charge in [-0.15, -0.1) is 0 Å². The second-order valence-corrected chi connectivity index (χ2v) is 5.16. The van der Waals surface area contributed by atoms with Crippen molar-refractivity contribution in [1.82, 2.24) is 9.78 Å². The van der Waals surface area contributed by atoms with E-state index in [0.29, 0.717) is 0 Å². The van der Waals surface area contributed by atoms with Gasteiger partial charge in [0.05, 0.1) is 12.2 Å². The van der Waals surface area contributed by atoms with E-state index in [2.05, 4.69) is 24.3 Å². The molecular weight excluding hydrogens is 262 g/mol. The van der Waals surface area contributed by atoms with Crippen molar-refractivity contribution in [1.29, 1.82) is 0 Å². The van der Waals surface area contributed by atoms with Gasteiger partial charge in [-0.1, -0.05) is 36.8 Å². The fraction of sp³-hybridized carbons (Fsp3) is 0.294. The van der Waals surface area contributed by atoms with Gasteiger partial charge in [-0.05, 0) is 31.9 Å². The zero-order valence-electron chi connectivity index (χ0n) is 12.7. The molecule has 0 radical (unpaired) electrons. The molecule has 1 unspecified atom stereocenters. The first-order chi connectivity index (χ1) is 10.1. The number of hydrogen-bond acceptors (Lipinski definition) is 2. The van der Waals surface area contributed by atoms with E-state index in [-0.39, 0.29) is 11.9 Å². The Morgan fingerprint density at radius 1 is 1.43 bits per heavy atom. The fourth-order valence-corrected chi connectivity index (χ4v) is 2.05. The molecule has 1 amide bonds. The van der Waals surface area contributed by atoms with Crippen molar-refractivity contribution >= 4 is 17.8 Å². The molecule has 110 valence electrons. The molecule has 2 aromatic rings. The maximum absolute atomic E-state index is 12.0. The molecule has 0 fully saturated rings. The minimum atomic E-state index is -0.151. The van der Waals surface area contributed by atoms with E-state index in [0.717, 1.165) is 17.8 Å². The largest absolute Gasteiger partial charge is 0.307 e. The Morgan fingerprint density at radius 2 is 2.24 bits per heavy atom. The van der Waals surface area contributed by atoms with Gasteiger partial charge in [0.25, 0.3) is 0 Å². The molecule has 1 N–H and O–H groups in total. The third kappa shape index (κ3) is 4.05. The maximum Gasteiger partial charge on any atom is 0.249 e. The summed E-state index contributed by atoms with van der Waals surface area (Å²) in [6.45, 7) is 6.20. The number of anilines is 1. The molecule has 21 heavy (non-hydrogen) atoms. The molecule has 1 aromatic heterocycles. The fourth-order valence-electron chi connectivity index (χ4n) is 2.05. The van der Waals surface area contributed by atoms with Crippen LogP contribution in [0, 0.1) is 6.92 Å². The van der Waals surface area contributed by atoms with Gasteiger partial charge >= 0.3 is 0 Å². The van der Waals surface area contributed by atoms with E-state index in [1.165, 1.54) is 5.56 Å². The third-order valence-electron chi connectivity index (χ3n) is 3.40. The first-order valence-electron chi connectivity index (χ1n) is 7.19. The number of nitrogens with one attached hydrogen (secondary N) is 1. The van der Waals surface area contributed by atoms with Crippen LogP contribution in [0.1, 0.15) is 37.4 Å². The molecule has 4 heteroatoms. The van der Waals surface area contributed by atoms with Crippen molar-refractivity contribution in [3.05, 3.63) is 53.7 Å². The van der Waals surface area contributed by atoms with Crippen molar-refractivity contribution in [3.63, 3.8) is 0 Å². The Hall–Kier alpha value is -2.36. The lowest BCUT2D eigenvalue weighted by molar-refractivity contribution is -0.111. The molecular formula is C17H21N3O. The lowest BCUT2D eigenvalue weighted by Gasteiger charge is -2.13. The third-order valence-corrected chi connectivity index (χ3v) is 3.40. The minimum Gasteiger partial charge on any atom is -0.307 e. The number of aromatic nitrogens is 2. The normalized spacial score (nSPS) is 12.5. The predicted octanol–water partition coefficient (Wildman–Crippen LogP) is 3.81. The Balaban J connectivity index is 2.04. The Kier molecular flexibility index (Phi) is 4.93. The van der Waals surface area contributed by atoms with E-state index in [1.807, 2.05) is 48.0 Å². The van der Waals surface area contributed by atoms with Crippen LogP contribution in [-0.2, 0) is 4.79 Å². The topological polar surface area (TPSA) is 46.9 Å². The number of carbonyl (C=O) groups excluding carboxylic acids is 1. The minimum absolute atomic E-state index is 0.151. The highest BCUT2D eigenvalue weighted by atomic mass is 16.1. The molecule has 4 nitrogen and oxygen atoms in total. The van der Waals surface area contributed by atoms with Gasteiger partial charge in [-0.25, -0.2) is 4.68 Å². The van der Waals surface area contributed by atoms with Gasteiger partial charge < -0.3 is 5.32 Å². The lowest BCUT2D eigenvalue weighted by Crippen LogP contribution is -2.15. The molecule has 0 aliphatic carbocycles. The summed E-state index contributed by atoms with van der Waals surface area (Å²) in [5.41, 5.74) is 2.19. The molecule has 0 saturated heterocycles. The molecule has 1 aromatic carbocycles. The monoisotopic (exact) mass is 283 g/mol. The Labute approximate surface area is 125 Å². The first kappa shape index (κ1) is 15.0. The summed E-state index contributed by atoms with van der Waals surface area (Å²) in [6.07, 6.45) is 6.02. The molecule has 0 spiro atoms. The maximum atomic E-state index is 12.0. The van der Waals surface area contributed by atoms with Gasteiger partial charge in [-0.2, -0.15) is 5.10 Å². The average Bonchev–Trinajstić information content (AvgIpc) is 2.92. The van der Waals surface area contributed by atoms with Gasteiger partial charge in [0, 0.05) is 12.1 Å². The van der Waals surface area contributed by atoms with Crippen molar-refractivity contribution < 1.29 is 4.79 Å². The van der Waals surface area contributed by atoms with Gasteiger partial charge in [0.1, 0.15) is 5.82 Å². The molecule has 0 aliphatic rings. The van der Waals surface area contributed by atoms with E-state index in [4.69, 9.17) is 0 Å². The summed E-state index contributed by atoms with van der Waals surface area (Å²) in [5.74, 6) is 0.574. The van der Waals surface area contributed by atoms with E-state index >= 15 is 0 Å². The molecule has 0 aliphatic heterocycles. The van der Waals surface area contributed by atoms with Gasteiger partial charge in [0.2, 0.25) is 5.91 Å². The summed E-state index contributed by atoms with van der Waals surface area (Å²) >= 11 is 0. The predicted molar refractivity (Wildman–Crippen MR) is 86.1 cm³/mol. The second kappa shape index (κ2) is 6.88. The van der Waals surface area contributed by atoms with Gasteiger partial charge in [-0.3, -0.25) is 4.79 Å². The smallest absolute Gasteiger partial charge is 0.249 e. The van der Waals surface area contributed by atoms with Crippen LogP contribution < -0.4 is 5.32 Å². The van der Waals surface area contributed by atoms with Crippen LogP contribution >= 0.6 is 0 Å². The molecule has 0 bridgehead atoms. The number of carbonyl (C=O) groups is 1. The number of rotatable bonds is 5. The quantitative estimate of drug-likeness (QED) is 0.848. The zero-order valence-corrected chi connectivity index (χ0v) is 12.7. The Bertz CT molecular complexity index is 643. The van der Waals surface area contributed by atoms with Crippen LogP contribution in [0.4, 0.5) is 5.82 Å². The summed E-state index contributed by atoms with van der Waals surface area (Å²) in [7, 11) is 0. The van der Waals surface area contributed by atoms with Crippen LogP contribution in [0.2, 0.25) is 0 Å². The van der Waals surface area contributed by atoms with Crippen molar-refractivity contribution in [2.75, 3.05) is 5.32 Å². The molecule has 0 saturated carbocycles. The summed E-state index contributed by atoms with van der Waals surface area (Å²) in [4.78, 5) is 12.0. The standard InChI is InChI=1S/C17H21N3O/c1-4-14(3)20-16(10-11-18-20)19-17(21)9-8-15-7-5-6-13(2)12-15/h5-12,14H,4H2,1-3H3,(H,19,21)/b9-8+. The van der Waals surface area contributed by atoms with Gasteiger partial charge in [0.15, 0.2) is 0 Å². The van der Waals surface area contributed by atoms with Crippen LogP contribution in [0.15, 0.2) is 42.6 Å². The summed E-state index contributed by atoms with van der Waals surface area (Å²) < 4.78 is 1.83. The first-order valence-corrected chi connectivity index (χ1v) is 7.19. The molecule has 1 atom stereocenters.